The Morgan fingerprint density at radius 2 is 1.57 bits per heavy atom. The summed E-state index contributed by atoms with van der Waals surface area (Å²) in [6.07, 6.45) is 0.915. The fraction of sp³-hybridized carbons (Fsp3) is 0.368. The molecule has 2 rings (SSSR count). The molecule has 0 amide bonds. The predicted molar refractivity (Wildman–Crippen MR) is 87.2 cm³/mol. The van der Waals surface area contributed by atoms with Crippen molar-refractivity contribution < 1.29 is 4.39 Å². The average molecular weight is 285 g/mol. The van der Waals surface area contributed by atoms with Gasteiger partial charge in [0.05, 0.1) is 0 Å². The van der Waals surface area contributed by atoms with E-state index in [1.165, 1.54) is 11.1 Å². The molecule has 0 bridgehead atoms. The summed E-state index contributed by atoms with van der Waals surface area (Å²) < 4.78 is 13.8. The molecule has 0 aromatic heterocycles. The van der Waals surface area contributed by atoms with Gasteiger partial charge in [-0.2, -0.15) is 0 Å². The molecule has 1 unspecified atom stereocenters. The van der Waals surface area contributed by atoms with E-state index in [-0.39, 0.29) is 11.9 Å². The molecule has 112 valence electrons. The standard InChI is InChI=1S/C19H24FN/c1-5-21-18(12-16-8-6-13(2)7-9-16)17-10-14(3)19(20)15(4)11-17/h6-11,18,21H,5,12H2,1-4H3. The third-order valence-corrected chi connectivity index (χ3v) is 3.87. The smallest absolute Gasteiger partial charge is 0.129 e. The second kappa shape index (κ2) is 6.86. The summed E-state index contributed by atoms with van der Waals surface area (Å²) in [6, 6.07) is 12.8. The number of hydrogen-bond acceptors (Lipinski definition) is 1. The first kappa shape index (κ1) is 15.7. The Morgan fingerprint density at radius 1 is 1.00 bits per heavy atom. The van der Waals surface area contributed by atoms with Crippen molar-refractivity contribution in [1.29, 1.82) is 0 Å². The Balaban J connectivity index is 2.28. The Bertz CT molecular complexity index is 578. The summed E-state index contributed by atoms with van der Waals surface area (Å²) >= 11 is 0. The molecule has 21 heavy (non-hydrogen) atoms. The minimum atomic E-state index is -0.0932. The van der Waals surface area contributed by atoms with Gasteiger partial charge in [-0.15, -0.1) is 0 Å². The number of halogens is 1. The number of nitrogens with one attached hydrogen (secondary N) is 1. The van der Waals surface area contributed by atoms with E-state index >= 15 is 0 Å². The highest BCUT2D eigenvalue weighted by Crippen LogP contribution is 2.23. The number of likely N-dealkylation sites (N-methyl/N-ethyl adjacent to an activating group) is 1. The molecule has 0 heterocycles. The summed E-state index contributed by atoms with van der Waals surface area (Å²) in [7, 11) is 0. The molecule has 1 N–H and O–H groups in total. The van der Waals surface area contributed by atoms with E-state index < -0.39 is 0 Å². The van der Waals surface area contributed by atoms with Gasteiger partial charge in [-0.05, 0) is 56.0 Å². The van der Waals surface area contributed by atoms with Crippen LogP contribution in [0.4, 0.5) is 4.39 Å². The van der Waals surface area contributed by atoms with Crippen LogP contribution in [0.5, 0.6) is 0 Å². The molecular weight excluding hydrogens is 261 g/mol. The van der Waals surface area contributed by atoms with E-state index in [0.29, 0.717) is 0 Å². The molecule has 1 atom stereocenters. The minimum absolute atomic E-state index is 0.0932. The number of rotatable bonds is 5. The maximum atomic E-state index is 13.8. The lowest BCUT2D eigenvalue weighted by Crippen LogP contribution is -2.23. The first-order chi connectivity index (χ1) is 10.0. The van der Waals surface area contributed by atoms with Crippen molar-refractivity contribution in [3.05, 3.63) is 70.0 Å². The molecule has 2 aromatic rings. The molecule has 0 aliphatic carbocycles. The van der Waals surface area contributed by atoms with Gasteiger partial charge in [0, 0.05) is 6.04 Å². The fourth-order valence-corrected chi connectivity index (χ4v) is 2.69. The largest absolute Gasteiger partial charge is 0.310 e. The zero-order valence-corrected chi connectivity index (χ0v) is 13.3. The van der Waals surface area contributed by atoms with Gasteiger partial charge in [-0.3, -0.25) is 0 Å². The molecule has 0 spiro atoms. The maximum Gasteiger partial charge on any atom is 0.129 e. The fourth-order valence-electron chi connectivity index (χ4n) is 2.69. The van der Waals surface area contributed by atoms with Gasteiger partial charge in [0.2, 0.25) is 0 Å². The lowest BCUT2D eigenvalue weighted by atomic mass is 9.95. The quantitative estimate of drug-likeness (QED) is 0.843. The summed E-state index contributed by atoms with van der Waals surface area (Å²) in [5.74, 6) is -0.0932. The van der Waals surface area contributed by atoms with Crippen molar-refractivity contribution in [2.45, 2.75) is 40.2 Å². The van der Waals surface area contributed by atoms with Gasteiger partial charge in [0.15, 0.2) is 0 Å². The van der Waals surface area contributed by atoms with Gasteiger partial charge in [-0.25, -0.2) is 4.39 Å². The number of hydrogen-bond donors (Lipinski definition) is 1. The zero-order valence-electron chi connectivity index (χ0n) is 13.3. The summed E-state index contributed by atoms with van der Waals surface area (Å²) in [5.41, 5.74) is 5.17. The number of benzene rings is 2. The van der Waals surface area contributed by atoms with Crippen LogP contribution in [0.3, 0.4) is 0 Å². The second-order valence-electron chi connectivity index (χ2n) is 5.77. The van der Waals surface area contributed by atoms with Gasteiger partial charge < -0.3 is 5.32 Å². The van der Waals surface area contributed by atoms with Crippen molar-refractivity contribution in [3.8, 4) is 0 Å². The SMILES string of the molecule is CCNC(Cc1ccc(C)cc1)c1cc(C)c(F)c(C)c1. The van der Waals surface area contributed by atoms with Crippen LogP contribution in [0.25, 0.3) is 0 Å². The molecule has 0 aliphatic rings. The Morgan fingerprint density at radius 3 is 2.10 bits per heavy atom. The van der Waals surface area contributed by atoms with Crippen molar-refractivity contribution >= 4 is 0 Å². The third kappa shape index (κ3) is 3.92. The topological polar surface area (TPSA) is 12.0 Å². The first-order valence-electron chi connectivity index (χ1n) is 7.56. The van der Waals surface area contributed by atoms with Crippen molar-refractivity contribution in [3.63, 3.8) is 0 Å². The van der Waals surface area contributed by atoms with Gasteiger partial charge in [-0.1, -0.05) is 48.9 Å². The van der Waals surface area contributed by atoms with E-state index in [4.69, 9.17) is 0 Å². The third-order valence-electron chi connectivity index (χ3n) is 3.87. The van der Waals surface area contributed by atoms with Crippen LogP contribution in [0, 0.1) is 26.6 Å². The molecular formula is C19H24FN. The lowest BCUT2D eigenvalue weighted by molar-refractivity contribution is 0.545. The summed E-state index contributed by atoms with van der Waals surface area (Å²) in [6.45, 7) is 8.76. The van der Waals surface area contributed by atoms with Gasteiger partial charge in [0.1, 0.15) is 5.82 Å². The van der Waals surface area contributed by atoms with Crippen molar-refractivity contribution in [2.75, 3.05) is 6.54 Å². The molecule has 1 nitrogen and oxygen atoms in total. The molecule has 0 fully saturated rings. The Kier molecular flexibility index (Phi) is 5.13. The van der Waals surface area contributed by atoms with E-state index in [9.17, 15) is 4.39 Å². The summed E-state index contributed by atoms with van der Waals surface area (Å²) in [5, 5.41) is 3.51. The Labute approximate surface area is 127 Å². The molecule has 2 aromatic carbocycles. The van der Waals surface area contributed by atoms with E-state index in [0.717, 1.165) is 29.7 Å². The normalized spacial score (nSPS) is 12.4. The van der Waals surface area contributed by atoms with Crippen LogP contribution in [-0.4, -0.2) is 6.54 Å². The highest BCUT2D eigenvalue weighted by atomic mass is 19.1. The van der Waals surface area contributed by atoms with E-state index in [2.05, 4.69) is 43.4 Å². The van der Waals surface area contributed by atoms with E-state index in [1.807, 2.05) is 26.0 Å². The second-order valence-corrected chi connectivity index (χ2v) is 5.77. The lowest BCUT2D eigenvalue weighted by Gasteiger charge is -2.20. The molecule has 0 saturated heterocycles. The summed E-state index contributed by atoms with van der Waals surface area (Å²) in [4.78, 5) is 0. The van der Waals surface area contributed by atoms with Crippen LogP contribution < -0.4 is 5.32 Å². The van der Waals surface area contributed by atoms with Gasteiger partial charge in [0.25, 0.3) is 0 Å². The van der Waals surface area contributed by atoms with Crippen LogP contribution >= 0.6 is 0 Å². The maximum absolute atomic E-state index is 13.8. The average Bonchev–Trinajstić information content (AvgIpc) is 2.46. The minimum Gasteiger partial charge on any atom is -0.310 e. The Hall–Kier alpha value is -1.67. The van der Waals surface area contributed by atoms with Crippen molar-refractivity contribution in [2.24, 2.45) is 0 Å². The number of aryl methyl sites for hydroxylation is 3. The molecule has 0 saturated carbocycles. The first-order valence-corrected chi connectivity index (χ1v) is 7.56. The molecule has 0 aliphatic heterocycles. The highest BCUT2D eigenvalue weighted by Gasteiger charge is 2.14. The monoisotopic (exact) mass is 285 g/mol. The zero-order chi connectivity index (χ0) is 15.4. The van der Waals surface area contributed by atoms with Gasteiger partial charge >= 0.3 is 0 Å². The van der Waals surface area contributed by atoms with E-state index in [1.54, 1.807) is 0 Å². The highest BCUT2D eigenvalue weighted by molar-refractivity contribution is 5.34. The van der Waals surface area contributed by atoms with Crippen LogP contribution in [0.2, 0.25) is 0 Å². The van der Waals surface area contributed by atoms with Crippen molar-refractivity contribution in [1.82, 2.24) is 5.32 Å². The molecule has 2 heteroatoms. The van der Waals surface area contributed by atoms with Crippen LogP contribution in [-0.2, 0) is 6.42 Å². The molecule has 0 radical (unpaired) electrons. The van der Waals surface area contributed by atoms with Crippen LogP contribution in [0.1, 0.15) is 40.8 Å². The predicted octanol–water partition coefficient (Wildman–Crippen LogP) is 4.64. The van der Waals surface area contributed by atoms with Crippen LogP contribution in [0.15, 0.2) is 36.4 Å².